The molecule has 0 saturated heterocycles. The lowest BCUT2D eigenvalue weighted by Crippen LogP contribution is -1.88. The molecule has 16 heavy (non-hydrogen) atoms. The minimum atomic E-state index is 0.686. The maximum Gasteiger partial charge on any atom is 0.141 e. The van der Waals surface area contributed by atoms with Crippen LogP contribution in [-0.4, -0.2) is 0 Å². The van der Waals surface area contributed by atoms with E-state index in [-0.39, 0.29) is 0 Å². The first-order valence-corrected chi connectivity index (χ1v) is 6.22. The first kappa shape index (κ1) is 11.5. The molecule has 0 aliphatic heterocycles. The van der Waals surface area contributed by atoms with Crippen LogP contribution < -0.4 is 10.5 Å². The van der Waals surface area contributed by atoms with Gasteiger partial charge in [-0.25, -0.2) is 0 Å². The maximum atomic E-state index is 5.70. The van der Waals surface area contributed by atoms with E-state index in [1.165, 1.54) is 0 Å². The fourth-order valence-electron chi connectivity index (χ4n) is 1.26. The van der Waals surface area contributed by atoms with Gasteiger partial charge in [-0.1, -0.05) is 22.0 Å². The van der Waals surface area contributed by atoms with Crippen LogP contribution >= 0.6 is 31.9 Å². The third-order valence-electron chi connectivity index (χ3n) is 1.98. The van der Waals surface area contributed by atoms with E-state index in [9.17, 15) is 0 Å². The zero-order valence-corrected chi connectivity index (χ0v) is 11.5. The third-order valence-corrected chi connectivity index (χ3v) is 3.09. The molecule has 2 aromatic carbocycles. The van der Waals surface area contributed by atoms with Gasteiger partial charge in [0.2, 0.25) is 0 Å². The van der Waals surface area contributed by atoms with E-state index in [0.29, 0.717) is 5.69 Å². The quantitative estimate of drug-likeness (QED) is 0.810. The summed E-state index contributed by atoms with van der Waals surface area (Å²) in [5.74, 6) is 1.48. The predicted octanol–water partition coefficient (Wildman–Crippen LogP) is 4.59. The van der Waals surface area contributed by atoms with E-state index in [1.807, 2.05) is 36.4 Å². The number of hydrogen-bond acceptors (Lipinski definition) is 2. The normalized spacial score (nSPS) is 10.1. The van der Waals surface area contributed by atoms with Crippen molar-refractivity contribution in [1.82, 2.24) is 0 Å². The number of halogens is 2. The smallest absolute Gasteiger partial charge is 0.141 e. The zero-order valence-electron chi connectivity index (χ0n) is 8.28. The number of ether oxygens (including phenoxy) is 1. The summed E-state index contributed by atoms with van der Waals surface area (Å²) in [5, 5.41) is 0. The molecule has 2 aromatic rings. The van der Waals surface area contributed by atoms with Crippen LogP contribution in [-0.2, 0) is 0 Å². The molecule has 4 heteroatoms. The lowest BCUT2D eigenvalue weighted by atomic mass is 10.3. The Balaban J connectivity index is 2.27. The summed E-state index contributed by atoms with van der Waals surface area (Å²) in [6, 6.07) is 13.1. The molecule has 0 radical (unpaired) electrons. The van der Waals surface area contributed by atoms with Crippen LogP contribution in [0.1, 0.15) is 0 Å². The number of rotatable bonds is 2. The van der Waals surface area contributed by atoms with Gasteiger partial charge in [0.15, 0.2) is 0 Å². The third kappa shape index (κ3) is 2.77. The average Bonchev–Trinajstić information content (AvgIpc) is 2.22. The van der Waals surface area contributed by atoms with Gasteiger partial charge in [-0.3, -0.25) is 0 Å². The number of nitrogen functional groups attached to an aromatic ring is 1. The fraction of sp³-hybridized carbons (Fsp3) is 0. The van der Waals surface area contributed by atoms with Gasteiger partial charge in [-0.05, 0) is 46.3 Å². The summed E-state index contributed by atoms with van der Waals surface area (Å²) in [4.78, 5) is 0. The Hall–Kier alpha value is -1.000. The van der Waals surface area contributed by atoms with E-state index in [0.717, 1.165) is 20.4 Å². The lowest BCUT2D eigenvalue weighted by molar-refractivity contribution is 0.480. The van der Waals surface area contributed by atoms with Crippen LogP contribution in [0.3, 0.4) is 0 Å². The van der Waals surface area contributed by atoms with Gasteiger partial charge in [-0.2, -0.15) is 0 Å². The van der Waals surface area contributed by atoms with Crippen molar-refractivity contribution in [3.8, 4) is 11.5 Å². The molecule has 0 aliphatic carbocycles. The Kier molecular flexibility index (Phi) is 3.51. The lowest BCUT2D eigenvalue weighted by Gasteiger charge is -2.08. The van der Waals surface area contributed by atoms with Crippen LogP contribution in [0.5, 0.6) is 11.5 Å². The summed E-state index contributed by atoms with van der Waals surface area (Å²) in [7, 11) is 0. The van der Waals surface area contributed by atoms with Crippen LogP contribution in [0.2, 0.25) is 0 Å². The van der Waals surface area contributed by atoms with E-state index in [2.05, 4.69) is 31.9 Å². The first-order chi connectivity index (χ1) is 7.65. The van der Waals surface area contributed by atoms with Crippen molar-refractivity contribution in [1.29, 1.82) is 0 Å². The van der Waals surface area contributed by atoms with E-state index >= 15 is 0 Å². The molecule has 0 unspecified atom stereocenters. The van der Waals surface area contributed by atoms with Crippen LogP contribution in [0, 0.1) is 0 Å². The van der Waals surface area contributed by atoms with Gasteiger partial charge < -0.3 is 10.5 Å². The molecule has 2 N–H and O–H groups in total. The van der Waals surface area contributed by atoms with Crippen LogP contribution in [0.25, 0.3) is 0 Å². The molecular weight excluding hydrogens is 334 g/mol. The van der Waals surface area contributed by atoms with E-state index < -0.39 is 0 Å². The molecule has 2 nitrogen and oxygen atoms in total. The van der Waals surface area contributed by atoms with E-state index in [1.54, 1.807) is 6.07 Å². The summed E-state index contributed by atoms with van der Waals surface area (Å²) in [5.41, 5.74) is 6.36. The summed E-state index contributed by atoms with van der Waals surface area (Å²) < 4.78 is 7.59. The Morgan fingerprint density at radius 1 is 1.00 bits per heavy atom. The monoisotopic (exact) mass is 341 g/mol. The molecule has 0 fully saturated rings. The zero-order chi connectivity index (χ0) is 11.5. The SMILES string of the molecule is Nc1cccc(Oc2ccc(Br)cc2Br)c1. The first-order valence-electron chi connectivity index (χ1n) is 4.63. The molecule has 0 heterocycles. The topological polar surface area (TPSA) is 35.2 Å². The molecule has 0 aliphatic rings. The Labute approximate surface area is 111 Å². The Morgan fingerprint density at radius 3 is 2.50 bits per heavy atom. The van der Waals surface area contributed by atoms with Gasteiger partial charge in [0.05, 0.1) is 4.47 Å². The van der Waals surface area contributed by atoms with Crippen molar-refractivity contribution in [2.75, 3.05) is 5.73 Å². The molecular formula is C12H9Br2NO. The number of benzene rings is 2. The number of nitrogens with two attached hydrogens (primary N) is 1. The Bertz CT molecular complexity index is 514. The maximum absolute atomic E-state index is 5.70. The summed E-state index contributed by atoms with van der Waals surface area (Å²) in [6.45, 7) is 0. The van der Waals surface area contributed by atoms with Crippen molar-refractivity contribution in [2.45, 2.75) is 0 Å². The highest BCUT2D eigenvalue weighted by Gasteiger charge is 2.03. The number of anilines is 1. The molecule has 0 amide bonds. The second-order valence-corrected chi connectivity index (χ2v) is 5.02. The van der Waals surface area contributed by atoms with Crippen LogP contribution in [0.15, 0.2) is 51.4 Å². The highest BCUT2D eigenvalue weighted by Crippen LogP contribution is 2.32. The second-order valence-electron chi connectivity index (χ2n) is 3.25. The minimum absolute atomic E-state index is 0.686. The molecule has 0 bridgehead atoms. The van der Waals surface area contributed by atoms with Crippen LogP contribution in [0.4, 0.5) is 5.69 Å². The molecule has 0 spiro atoms. The van der Waals surface area contributed by atoms with Crippen molar-refractivity contribution in [3.63, 3.8) is 0 Å². The van der Waals surface area contributed by atoms with Crippen molar-refractivity contribution >= 4 is 37.5 Å². The van der Waals surface area contributed by atoms with Gasteiger partial charge in [0.25, 0.3) is 0 Å². The fourth-order valence-corrected chi connectivity index (χ4v) is 2.39. The minimum Gasteiger partial charge on any atom is -0.456 e. The molecule has 0 atom stereocenters. The molecule has 82 valence electrons. The largest absolute Gasteiger partial charge is 0.456 e. The van der Waals surface area contributed by atoms with E-state index in [4.69, 9.17) is 10.5 Å². The highest BCUT2D eigenvalue weighted by atomic mass is 79.9. The highest BCUT2D eigenvalue weighted by molar-refractivity contribution is 9.11. The standard InChI is InChI=1S/C12H9Br2NO/c13-8-4-5-12(11(14)6-8)16-10-3-1-2-9(15)7-10/h1-7H,15H2. The van der Waals surface area contributed by atoms with Gasteiger partial charge in [0, 0.05) is 16.2 Å². The van der Waals surface area contributed by atoms with Gasteiger partial charge in [-0.15, -0.1) is 0 Å². The van der Waals surface area contributed by atoms with Gasteiger partial charge >= 0.3 is 0 Å². The summed E-state index contributed by atoms with van der Waals surface area (Å²) in [6.07, 6.45) is 0. The van der Waals surface area contributed by atoms with Crippen molar-refractivity contribution in [3.05, 3.63) is 51.4 Å². The molecule has 2 rings (SSSR count). The number of hydrogen-bond donors (Lipinski definition) is 1. The predicted molar refractivity (Wildman–Crippen MR) is 72.8 cm³/mol. The van der Waals surface area contributed by atoms with Crippen molar-refractivity contribution in [2.24, 2.45) is 0 Å². The molecule has 0 aromatic heterocycles. The average molecular weight is 343 g/mol. The summed E-state index contributed by atoms with van der Waals surface area (Å²) >= 11 is 6.82. The molecule has 0 saturated carbocycles. The Morgan fingerprint density at radius 2 is 1.81 bits per heavy atom. The van der Waals surface area contributed by atoms with Crippen molar-refractivity contribution < 1.29 is 4.74 Å². The van der Waals surface area contributed by atoms with Gasteiger partial charge in [0.1, 0.15) is 11.5 Å². The second kappa shape index (κ2) is 4.89.